The van der Waals surface area contributed by atoms with Crippen LogP contribution in [0.5, 0.6) is 11.5 Å². The molecule has 0 radical (unpaired) electrons. The number of rotatable bonds is 5. The number of piperidine rings is 1. The first kappa shape index (κ1) is 18.0. The highest BCUT2D eigenvalue weighted by Gasteiger charge is 2.33. The van der Waals surface area contributed by atoms with Gasteiger partial charge in [-0.3, -0.25) is 9.80 Å². The number of fused-ring (bicyclic) bond motifs is 1. The summed E-state index contributed by atoms with van der Waals surface area (Å²) in [6.45, 7) is 7.01. The third-order valence-electron chi connectivity index (χ3n) is 6.10. The monoisotopic (exact) mass is 361 g/mol. The molecule has 4 rings (SSSR count). The number of likely N-dealkylation sites (tertiary alicyclic amines) is 1. The zero-order chi connectivity index (χ0) is 17.9. The van der Waals surface area contributed by atoms with Crippen molar-refractivity contribution < 1.29 is 14.6 Å². The Morgan fingerprint density at radius 2 is 1.96 bits per heavy atom. The van der Waals surface area contributed by atoms with Gasteiger partial charge in [0, 0.05) is 50.4 Å². The van der Waals surface area contributed by atoms with Crippen LogP contribution in [0.4, 0.5) is 0 Å². The van der Waals surface area contributed by atoms with Crippen LogP contribution in [0.1, 0.15) is 24.8 Å². The van der Waals surface area contributed by atoms with Gasteiger partial charge in [-0.2, -0.15) is 0 Å². The lowest BCUT2D eigenvalue weighted by atomic mass is 9.98. The molecular weight excluding hydrogens is 330 g/mol. The van der Waals surface area contributed by atoms with Gasteiger partial charge in [0.15, 0.2) is 11.5 Å². The van der Waals surface area contributed by atoms with Crippen molar-refractivity contribution in [3.05, 3.63) is 23.8 Å². The summed E-state index contributed by atoms with van der Waals surface area (Å²) in [6.07, 6.45) is 3.35. The maximum Gasteiger partial charge on any atom is 0.231 e. The van der Waals surface area contributed by atoms with E-state index >= 15 is 0 Å². The van der Waals surface area contributed by atoms with Crippen molar-refractivity contribution in [2.75, 3.05) is 53.2 Å². The minimum Gasteiger partial charge on any atom is -0.454 e. The number of hydrogen-bond donors (Lipinski definition) is 1. The lowest BCUT2D eigenvalue weighted by molar-refractivity contribution is 0.00578. The summed E-state index contributed by atoms with van der Waals surface area (Å²) in [5.41, 5.74) is 1.20. The Kier molecular flexibility index (Phi) is 5.64. The number of hydrogen-bond acceptors (Lipinski definition) is 6. The lowest BCUT2D eigenvalue weighted by Crippen LogP contribution is -2.58. The minimum absolute atomic E-state index is 0.263. The van der Waals surface area contributed by atoms with Gasteiger partial charge in [0.25, 0.3) is 0 Å². The molecule has 0 spiro atoms. The predicted octanol–water partition coefficient (Wildman–Crippen LogP) is 1.38. The molecule has 2 saturated heterocycles. The first-order chi connectivity index (χ1) is 12.7. The molecule has 1 aromatic rings. The van der Waals surface area contributed by atoms with Crippen LogP contribution < -0.4 is 9.47 Å². The topological polar surface area (TPSA) is 48.4 Å². The van der Waals surface area contributed by atoms with Gasteiger partial charge < -0.3 is 19.5 Å². The molecule has 144 valence electrons. The van der Waals surface area contributed by atoms with E-state index in [-0.39, 0.29) is 6.61 Å². The van der Waals surface area contributed by atoms with E-state index < -0.39 is 0 Å². The molecule has 6 heteroatoms. The summed E-state index contributed by atoms with van der Waals surface area (Å²) in [5.74, 6) is 1.77. The summed E-state index contributed by atoms with van der Waals surface area (Å²) in [6, 6.07) is 7.26. The SMILES string of the molecule is CN1CCC(N2CCN(Cc3cccc4c3OCO4)C[C@@H]2CCO)CC1. The number of aliphatic hydroxyl groups excluding tert-OH is 1. The highest BCUT2D eigenvalue weighted by Crippen LogP contribution is 2.36. The molecule has 3 heterocycles. The van der Waals surface area contributed by atoms with E-state index in [4.69, 9.17) is 9.47 Å². The molecule has 0 amide bonds. The van der Waals surface area contributed by atoms with Crippen molar-refractivity contribution in [3.63, 3.8) is 0 Å². The summed E-state index contributed by atoms with van der Waals surface area (Å²) < 4.78 is 11.2. The summed E-state index contributed by atoms with van der Waals surface area (Å²) in [7, 11) is 2.21. The molecule has 0 unspecified atom stereocenters. The van der Waals surface area contributed by atoms with Crippen molar-refractivity contribution in [2.45, 2.75) is 37.9 Å². The van der Waals surface area contributed by atoms with Crippen LogP contribution >= 0.6 is 0 Å². The Morgan fingerprint density at radius 3 is 2.77 bits per heavy atom. The smallest absolute Gasteiger partial charge is 0.231 e. The van der Waals surface area contributed by atoms with E-state index in [1.54, 1.807) is 0 Å². The fraction of sp³-hybridized carbons (Fsp3) is 0.700. The fourth-order valence-corrected chi connectivity index (χ4v) is 4.65. The largest absolute Gasteiger partial charge is 0.454 e. The molecule has 1 N–H and O–H groups in total. The number of piperazine rings is 1. The summed E-state index contributed by atoms with van der Waals surface area (Å²) >= 11 is 0. The number of nitrogens with zero attached hydrogens (tertiary/aromatic N) is 3. The maximum atomic E-state index is 9.59. The molecule has 3 aliphatic heterocycles. The normalized spacial score (nSPS) is 25.7. The van der Waals surface area contributed by atoms with Gasteiger partial charge in [-0.15, -0.1) is 0 Å². The van der Waals surface area contributed by atoms with Gasteiger partial charge in [0.1, 0.15) is 0 Å². The number of benzene rings is 1. The first-order valence-electron chi connectivity index (χ1n) is 9.89. The van der Waals surface area contributed by atoms with Crippen molar-refractivity contribution in [2.24, 2.45) is 0 Å². The van der Waals surface area contributed by atoms with Crippen LogP contribution in [0.15, 0.2) is 18.2 Å². The van der Waals surface area contributed by atoms with Gasteiger partial charge in [-0.05, 0) is 45.5 Å². The van der Waals surface area contributed by atoms with Crippen molar-refractivity contribution in [3.8, 4) is 11.5 Å². The molecule has 0 aliphatic carbocycles. The van der Waals surface area contributed by atoms with Gasteiger partial charge in [-0.1, -0.05) is 12.1 Å². The average molecular weight is 361 g/mol. The molecular formula is C20H31N3O3. The molecule has 6 nitrogen and oxygen atoms in total. The molecule has 1 aromatic carbocycles. The third-order valence-corrected chi connectivity index (χ3v) is 6.10. The Balaban J connectivity index is 1.41. The Bertz CT molecular complexity index is 604. The molecule has 26 heavy (non-hydrogen) atoms. The van der Waals surface area contributed by atoms with Crippen LogP contribution in [0, 0.1) is 0 Å². The Hall–Kier alpha value is -1.34. The Labute approximate surface area is 156 Å². The Morgan fingerprint density at radius 1 is 1.12 bits per heavy atom. The summed E-state index contributed by atoms with van der Waals surface area (Å²) in [4.78, 5) is 7.60. The zero-order valence-electron chi connectivity index (χ0n) is 15.8. The van der Waals surface area contributed by atoms with Gasteiger partial charge in [0.2, 0.25) is 6.79 Å². The van der Waals surface area contributed by atoms with Crippen LogP contribution in [-0.4, -0.2) is 85.1 Å². The highest BCUT2D eigenvalue weighted by atomic mass is 16.7. The van der Waals surface area contributed by atoms with Crippen LogP contribution in [0.3, 0.4) is 0 Å². The van der Waals surface area contributed by atoms with E-state index in [1.807, 2.05) is 12.1 Å². The molecule has 0 bridgehead atoms. The lowest BCUT2D eigenvalue weighted by Gasteiger charge is -2.47. The third kappa shape index (κ3) is 3.83. The standard InChI is InChI=1S/C20H31N3O3/c1-21-8-5-17(6-9-21)23-11-10-22(14-18(23)7-12-24)13-16-3-2-4-19-20(16)26-15-25-19/h2-4,17-18,24H,5-15H2,1H3/t18-/m0/s1. The second-order valence-corrected chi connectivity index (χ2v) is 7.82. The van der Waals surface area contributed by atoms with E-state index in [9.17, 15) is 5.11 Å². The van der Waals surface area contributed by atoms with Crippen LogP contribution in [0.2, 0.25) is 0 Å². The molecule has 1 atom stereocenters. The minimum atomic E-state index is 0.263. The highest BCUT2D eigenvalue weighted by molar-refractivity contribution is 5.48. The average Bonchev–Trinajstić information content (AvgIpc) is 3.13. The van der Waals surface area contributed by atoms with Crippen molar-refractivity contribution in [1.29, 1.82) is 0 Å². The maximum absolute atomic E-state index is 9.59. The van der Waals surface area contributed by atoms with Gasteiger partial charge in [-0.25, -0.2) is 0 Å². The molecule has 0 saturated carbocycles. The number of aliphatic hydroxyl groups is 1. The van der Waals surface area contributed by atoms with Crippen LogP contribution in [-0.2, 0) is 6.54 Å². The van der Waals surface area contributed by atoms with Crippen LogP contribution in [0.25, 0.3) is 0 Å². The van der Waals surface area contributed by atoms with Gasteiger partial charge >= 0.3 is 0 Å². The molecule has 0 aromatic heterocycles. The quantitative estimate of drug-likeness (QED) is 0.855. The fourth-order valence-electron chi connectivity index (χ4n) is 4.65. The van der Waals surface area contributed by atoms with E-state index in [0.29, 0.717) is 18.9 Å². The van der Waals surface area contributed by atoms with Crippen molar-refractivity contribution >= 4 is 0 Å². The van der Waals surface area contributed by atoms with Gasteiger partial charge in [0.05, 0.1) is 0 Å². The summed E-state index contributed by atoms with van der Waals surface area (Å²) in [5, 5.41) is 9.59. The number of ether oxygens (including phenoxy) is 2. The molecule has 2 fully saturated rings. The van der Waals surface area contributed by atoms with Crippen molar-refractivity contribution in [1.82, 2.24) is 14.7 Å². The first-order valence-corrected chi connectivity index (χ1v) is 9.89. The zero-order valence-corrected chi connectivity index (χ0v) is 15.8. The van der Waals surface area contributed by atoms with E-state index in [0.717, 1.165) is 44.1 Å². The second kappa shape index (κ2) is 8.13. The van der Waals surface area contributed by atoms with E-state index in [2.05, 4.69) is 27.8 Å². The number of para-hydroxylation sites is 1. The van der Waals surface area contributed by atoms with E-state index in [1.165, 1.54) is 31.5 Å². The molecule has 3 aliphatic rings. The second-order valence-electron chi connectivity index (χ2n) is 7.82. The predicted molar refractivity (Wildman–Crippen MR) is 101 cm³/mol.